The number of nitrogens with zero attached hydrogens (tertiary/aromatic N) is 1. The van der Waals surface area contributed by atoms with E-state index in [1.54, 1.807) is 0 Å². The SMILES string of the molecule is O=C1OC[C@@H](Cc2ccccc2)N1/C(F)=C(\F)Cl. The van der Waals surface area contributed by atoms with E-state index in [4.69, 9.17) is 16.3 Å². The molecule has 1 saturated heterocycles. The first kappa shape index (κ1) is 12.8. The lowest BCUT2D eigenvalue weighted by Gasteiger charge is -2.18. The number of carbonyl (C=O) groups is 1. The van der Waals surface area contributed by atoms with Crippen LogP contribution in [0.5, 0.6) is 0 Å². The van der Waals surface area contributed by atoms with Crippen molar-refractivity contribution >= 4 is 17.7 Å². The second kappa shape index (κ2) is 5.35. The number of carbonyl (C=O) groups excluding carboxylic acids is 1. The fraction of sp³-hybridized carbons (Fsp3) is 0.250. The molecule has 0 saturated carbocycles. The highest BCUT2D eigenvalue weighted by Crippen LogP contribution is 2.26. The predicted molar refractivity (Wildman–Crippen MR) is 62.2 cm³/mol. The molecule has 1 aliphatic heterocycles. The number of ether oxygens (including phenoxy) is 1. The summed E-state index contributed by atoms with van der Waals surface area (Å²) in [7, 11) is 0. The van der Waals surface area contributed by atoms with E-state index in [9.17, 15) is 13.6 Å². The molecule has 0 aromatic heterocycles. The van der Waals surface area contributed by atoms with Crippen molar-refractivity contribution in [3.05, 3.63) is 47.1 Å². The van der Waals surface area contributed by atoms with Crippen molar-refractivity contribution in [2.45, 2.75) is 12.5 Å². The van der Waals surface area contributed by atoms with Crippen LogP contribution in [-0.4, -0.2) is 23.6 Å². The Morgan fingerprint density at radius 2 is 2.06 bits per heavy atom. The topological polar surface area (TPSA) is 29.5 Å². The highest BCUT2D eigenvalue weighted by molar-refractivity contribution is 6.28. The quantitative estimate of drug-likeness (QED) is 0.791. The Bertz CT molecular complexity index is 474. The monoisotopic (exact) mass is 273 g/mol. The second-order valence-corrected chi connectivity index (χ2v) is 4.17. The van der Waals surface area contributed by atoms with Crippen molar-refractivity contribution in [1.82, 2.24) is 4.90 Å². The van der Waals surface area contributed by atoms with E-state index in [0.29, 0.717) is 11.3 Å². The van der Waals surface area contributed by atoms with Crippen LogP contribution in [0.3, 0.4) is 0 Å². The molecule has 1 fully saturated rings. The van der Waals surface area contributed by atoms with Crippen molar-refractivity contribution in [1.29, 1.82) is 0 Å². The van der Waals surface area contributed by atoms with Gasteiger partial charge in [0.15, 0.2) is 0 Å². The first-order valence-electron chi connectivity index (χ1n) is 5.30. The average Bonchev–Trinajstić information content (AvgIpc) is 2.71. The minimum Gasteiger partial charge on any atom is -0.447 e. The zero-order valence-electron chi connectivity index (χ0n) is 9.28. The van der Waals surface area contributed by atoms with Crippen LogP contribution in [-0.2, 0) is 11.2 Å². The van der Waals surface area contributed by atoms with E-state index in [1.165, 1.54) is 0 Å². The van der Waals surface area contributed by atoms with Crippen LogP contribution >= 0.6 is 11.6 Å². The minimum absolute atomic E-state index is 0.00527. The van der Waals surface area contributed by atoms with Crippen LogP contribution in [0.4, 0.5) is 13.6 Å². The molecule has 6 heteroatoms. The molecule has 1 aromatic rings. The summed E-state index contributed by atoms with van der Waals surface area (Å²) in [6.45, 7) is 0.00527. The molecule has 1 aromatic carbocycles. The van der Waals surface area contributed by atoms with Gasteiger partial charge in [0.05, 0.1) is 6.04 Å². The van der Waals surface area contributed by atoms with Crippen LogP contribution in [0.1, 0.15) is 5.56 Å². The van der Waals surface area contributed by atoms with Crippen molar-refractivity contribution in [2.75, 3.05) is 6.61 Å². The van der Waals surface area contributed by atoms with E-state index < -0.39 is 23.4 Å². The molecule has 18 heavy (non-hydrogen) atoms. The van der Waals surface area contributed by atoms with Gasteiger partial charge in [-0.05, 0) is 23.6 Å². The van der Waals surface area contributed by atoms with E-state index in [0.717, 1.165) is 5.56 Å². The van der Waals surface area contributed by atoms with Gasteiger partial charge in [0.25, 0.3) is 0 Å². The van der Waals surface area contributed by atoms with Crippen LogP contribution in [0.25, 0.3) is 0 Å². The fourth-order valence-corrected chi connectivity index (χ4v) is 1.92. The second-order valence-electron chi connectivity index (χ2n) is 3.84. The number of rotatable bonds is 3. The van der Waals surface area contributed by atoms with Crippen molar-refractivity contribution in [2.24, 2.45) is 0 Å². The Kier molecular flexibility index (Phi) is 3.81. The molecular weight excluding hydrogens is 264 g/mol. The van der Waals surface area contributed by atoms with Crippen LogP contribution in [0.15, 0.2) is 41.6 Å². The van der Waals surface area contributed by atoms with Gasteiger partial charge in [-0.3, -0.25) is 0 Å². The Balaban J connectivity index is 2.18. The lowest BCUT2D eigenvalue weighted by molar-refractivity contribution is 0.158. The highest BCUT2D eigenvalue weighted by Gasteiger charge is 2.37. The molecular formula is C12H10ClF2NO2. The van der Waals surface area contributed by atoms with Gasteiger partial charge in [-0.2, -0.15) is 8.78 Å². The summed E-state index contributed by atoms with van der Waals surface area (Å²) in [6.07, 6.45) is -0.561. The summed E-state index contributed by atoms with van der Waals surface area (Å²) >= 11 is 4.93. The maximum atomic E-state index is 13.4. The van der Waals surface area contributed by atoms with Crippen LogP contribution in [0.2, 0.25) is 0 Å². The molecule has 1 amide bonds. The zero-order chi connectivity index (χ0) is 13.1. The summed E-state index contributed by atoms with van der Waals surface area (Å²) in [5.74, 6) is -1.40. The Morgan fingerprint density at radius 1 is 1.39 bits per heavy atom. The van der Waals surface area contributed by atoms with Gasteiger partial charge in [0, 0.05) is 0 Å². The Hall–Kier alpha value is -1.62. The summed E-state index contributed by atoms with van der Waals surface area (Å²) in [5.41, 5.74) is 0.897. The first-order chi connectivity index (χ1) is 8.59. The van der Waals surface area contributed by atoms with Crippen molar-refractivity contribution in [3.8, 4) is 0 Å². The van der Waals surface area contributed by atoms with Crippen LogP contribution in [0, 0.1) is 0 Å². The van der Waals surface area contributed by atoms with Crippen molar-refractivity contribution in [3.63, 3.8) is 0 Å². The van der Waals surface area contributed by atoms with Crippen molar-refractivity contribution < 1.29 is 18.3 Å². The molecule has 3 nitrogen and oxygen atoms in total. The molecule has 0 N–H and O–H groups in total. The lowest BCUT2D eigenvalue weighted by Crippen LogP contribution is -2.33. The molecule has 1 atom stereocenters. The summed E-state index contributed by atoms with van der Waals surface area (Å²) in [4.78, 5) is 11.9. The number of amides is 1. The number of halogens is 3. The first-order valence-corrected chi connectivity index (χ1v) is 5.68. The standard InChI is InChI=1S/C12H10ClF2NO2/c13-10(14)11(15)16-9(7-18-12(16)17)6-8-4-2-1-3-5-8/h1-5,9H,6-7H2/b11-10-/t9-/m1/s1. The molecule has 96 valence electrons. The minimum atomic E-state index is -1.55. The Morgan fingerprint density at radius 3 is 2.67 bits per heavy atom. The molecule has 0 radical (unpaired) electrons. The van der Waals surface area contributed by atoms with Gasteiger partial charge < -0.3 is 4.74 Å². The molecule has 0 unspecified atom stereocenters. The van der Waals surface area contributed by atoms with Gasteiger partial charge in [-0.1, -0.05) is 30.3 Å². The average molecular weight is 274 g/mol. The number of benzene rings is 1. The number of hydrogen-bond acceptors (Lipinski definition) is 2. The number of cyclic esters (lactones) is 1. The molecule has 0 aliphatic carbocycles. The largest absolute Gasteiger partial charge is 0.447 e. The molecule has 1 heterocycles. The highest BCUT2D eigenvalue weighted by atomic mass is 35.5. The smallest absolute Gasteiger partial charge is 0.416 e. The van der Waals surface area contributed by atoms with E-state index >= 15 is 0 Å². The zero-order valence-corrected chi connectivity index (χ0v) is 10.0. The maximum absolute atomic E-state index is 13.4. The van der Waals surface area contributed by atoms with Gasteiger partial charge >= 0.3 is 6.09 Å². The normalized spacial score (nSPS) is 20.7. The van der Waals surface area contributed by atoms with E-state index in [-0.39, 0.29) is 6.61 Å². The van der Waals surface area contributed by atoms with Gasteiger partial charge in [0.1, 0.15) is 6.61 Å². The van der Waals surface area contributed by atoms with Crippen LogP contribution < -0.4 is 0 Å². The van der Waals surface area contributed by atoms with Gasteiger partial charge in [0.2, 0.25) is 11.2 Å². The molecule has 0 bridgehead atoms. The lowest BCUT2D eigenvalue weighted by atomic mass is 10.1. The van der Waals surface area contributed by atoms with E-state index in [2.05, 4.69) is 0 Å². The summed E-state index contributed by atoms with van der Waals surface area (Å²) in [6, 6.07) is 8.57. The molecule has 1 aliphatic rings. The summed E-state index contributed by atoms with van der Waals surface area (Å²) < 4.78 is 30.8. The van der Waals surface area contributed by atoms with Gasteiger partial charge in [-0.15, -0.1) is 0 Å². The maximum Gasteiger partial charge on any atom is 0.416 e. The summed E-state index contributed by atoms with van der Waals surface area (Å²) in [5, 5.41) is -1.55. The Labute approximate surface area is 108 Å². The number of hydrogen-bond donors (Lipinski definition) is 0. The third-order valence-corrected chi connectivity index (χ3v) is 2.80. The third kappa shape index (κ3) is 2.61. The third-order valence-electron chi connectivity index (χ3n) is 2.64. The fourth-order valence-electron chi connectivity index (χ4n) is 1.83. The molecule has 2 rings (SSSR count). The van der Waals surface area contributed by atoms with Gasteiger partial charge in [-0.25, -0.2) is 9.69 Å². The molecule has 0 spiro atoms. The predicted octanol–water partition coefficient (Wildman–Crippen LogP) is 3.35. The van der Waals surface area contributed by atoms with E-state index in [1.807, 2.05) is 30.3 Å².